The normalized spacial score (nSPS) is 9.95. The van der Waals surface area contributed by atoms with E-state index in [0.29, 0.717) is 24.9 Å². The van der Waals surface area contributed by atoms with Crippen LogP contribution in [0.2, 0.25) is 0 Å². The quantitative estimate of drug-likeness (QED) is 0.433. The summed E-state index contributed by atoms with van der Waals surface area (Å²) >= 11 is 0. The summed E-state index contributed by atoms with van der Waals surface area (Å²) in [6.45, 7) is 3.34. The van der Waals surface area contributed by atoms with E-state index in [1.807, 2.05) is 31.2 Å². The lowest BCUT2D eigenvalue weighted by atomic mass is 10.1. The molecule has 2 aromatic rings. The Morgan fingerprint density at radius 3 is 2.47 bits per heavy atom. The molecule has 0 saturated heterocycles. The molecule has 2 rings (SSSR count). The molecular weight excluding hydrogens is 238 g/mol. The van der Waals surface area contributed by atoms with Gasteiger partial charge in [-0.2, -0.15) is 0 Å². The summed E-state index contributed by atoms with van der Waals surface area (Å²) in [6, 6.07) is 9.66. The van der Waals surface area contributed by atoms with Gasteiger partial charge in [0.15, 0.2) is 0 Å². The van der Waals surface area contributed by atoms with Crippen molar-refractivity contribution in [3.63, 3.8) is 0 Å². The van der Waals surface area contributed by atoms with Crippen LogP contribution < -0.4 is 10.6 Å². The predicted octanol–water partition coefficient (Wildman–Crippen LogP) is 1.81. The monoisotopic (exact) mass is 255 g/mol. The number of nitrogens with zero attached hydrogens (tertiary/aromatic N) is 2. The Bertz CT molecular complexity index is 521. The Morgan fingerprint density at radius 2 is 1.79 bits per heavy atom. The zero-order chi connectivity index (χ0) is 13.5. The third kappa shape index (κ3) is 4.06. The third-order valence-corrected chi connectivity index (χ3v) is 2.62. The lowest BCUT2D eigenvalue weighted by Crippen LogP contribution is -2.29. The van der Waals surface area contributed by atoms with Crippen molar-refractivity contribution < 1.29 is 0 Å². The van der Waals surface area contributed by atoms with Gasteiger partial charge in [0.2, 0.25) is 5.95 Å². The molecule has 3 N–H and O–H groups in total. The fourth-order valence-electron chi connectivity index (χ4n) is 1.57. The molecule has 5 heteroatoms. The van der Waals surface area contributed by atoms with E-state index in [0.717, 1.165) is 5.56 Å². The van der Waals surface area contributed by atoms with Gasteiger partial charge in [0.1, 0.15) is 5.84 Å². The maximum absolute atomic E-state index is 7.91. The van der Waals surface area contributed by atoms with E-state index in [9.17, 15) is 0 Å². The lowest BCUT2D eigenvalue weighted by Gasteiger charge is -2.09. The van der Waals surface area contributed by atoms with Crippen LogP contribution in [-0.2, 0) is 0 Å². The molecule has 19 heavy (non-hydrogen) atoms. The van der Waals surface area contributed by atoms with Gasteiger partial charge in [-0.05, 0) is 13.0 Å². The molecule has 0 amide bonds. The minimum absolute atomic E-state index is 0.427. The van der Waals surface area contributed by atoms with Crippen LogP contribution in [0, 0.1) is 12.3 Å². The van der Waals surface area contributed by atoms with Crippen LogP contribution in [0.5, 0.6) is 0 Å². The average Bonchev–Trinajstić information content (AvgIpc) is 2.45. The summed E-state index contributed by atoms with van der Waals surface area (Å²) < 4.78 is 0. The van der Waals surface area contributed by atoms with Crippen molar-refractivity contribution in [2.45, 2.75) is 6.92 Å². The Kier molecular flexibility index (Phi) is 4.44. The summed E-state index contributed by atoms with van der Waals surface area (Å²) in [5.41, 5.74) is 2.08. The molecule has 0 bridgehead atoms. The van der Waals surface area contributed by atoms with Crippen molar-refractivity contribution in [1.82, 2.24) is 15.3 Å². The molecular formula is C14H17N5. The van der Waals surface area contributed by atoms with E-state index in [4.69, 9.17) is 5.41 Å². The zero-order valence-electron chi connectivity index (χ0n) is 10.9. The first kappa shape index (κ1) is 13.0. The molecule has 0 saturated carbocycles. The highest BCUT2D eigenvalue weighted by atomic mass is 15.1. The molecule has 5 nitrogen and oxygen atoms in total. The van der Waals surface area contributed by atoms with Gasteiger partial charge < -0.3 is 10.6 Å². The highest BCUT2D eigenvalue weighted by Gasteiger charge is 1.99. The summed E-state index contributed by atoms with van der Waals surface area (Å²) in [5.74, 6) is 1.03. The van der Waals surface area contributed by atoms with Crippen LogP contribution in [0.4, 0.5) is 5.95 Å². The van der Waals surface area contributed by atoms with Gasteiger partial charge in [-0.15, -0.1) is 0 Å². The molecule has 0 radical (unpaired) electrons. The standard InChI is InChI=1S/C14H17N5/c1-11-3-5-12(6-4-11)13(15)16-9-10-19-14-17-7-2-8-18-14/h2-8H,9-10H2,1H3,(H2,15,16)(H,17,18,19). The Morgan fingerprint density at radius 1 is 1.11 bits per heavy atom. The lowest BCUT2D eigenvalue weighted by molar-refractivity contribution is 0.889. The highest BCUT2D eigenvalue weighted by molar-refractivity contribution is 5.96. The first-order chi connectivity index (χ1) is 9.25. The second-order valence-electron chi connectivity index (χ2n) is 4.17. The Hall–Kier alpha value is -2.43. The minimum atomic E-state index is 0.427. The number of amidine groups is 1. The highest BCUT2D eigenvalue weighted by Crippen LogP contribution is 2.02. The van der Waals surface area contributed by atoms with E-state index < -0.39 is 0 Å². The summed E-state index contributed by atoms with van der Waals surface area (Å²) in [4.78, 5) is 8.12. The van der Waals surface area contributed by atoms with Gasteiger partial charge in [-0.3, -0.25) is 5.41 Å². The van der Waals surface area contributed by atoms with E-state index >= 15 is 0 Å². The van der Waals surface area contributed by atoms with Crippen molar-refractivity contribution in [1.29, 1.82) is 5.41 Å². The molecule has 0 aliphatic heterocycles. The molecule has 1 aromatic carbocycles. The maximum atomic E-state index is 7.91. The van der Waals surface area contributed by atoms with Crippen LogP contribution in [0.15, 0.2) is 42.7 Å². The number of aryl methyl sites for hydroxylation is 1. The van der Waals surface area contributed by atoms with E-state index in [1.165, 1.54) is 5.56 Å². The largest absolute Gasteiger partial charge is 0.368 e. The van der Waals surface area contributed by atoms with Crippen LogP contribution in [0.25, 0.3) is 0 Å². The molecule has 1 heterocycles. The smallest absolute Gasteiger partial charge is 0.222 e. The van der Waals surface area contributed by atoms with Crippen molar-refractivity contribution >= 4 is 11.8 Å². The molecule has 0 aliphatic carbocycles. The molecule has 0 aliphatic rings. The van der Waals surface area contributed by atoms with Crippen molar-refractivity contribution in [3.05, 3.63) is 53.9 Å². The molecule has 0 atom stereocenters. The van der Waals surface area contributed by atoms with Gasteiger partial charge >= 0.3 is 0 Å². The van der Waals surface area contributed by atoms with Crippen molar-refractivity contribution in [2.24, 2.45) is 0 Å². The third-order valence-electron chi connectivity index (χ3n) is 2.62. The fraction of sp³-hybridized carbons (Fsp3) is 0.214. The average molecular weight is 255 g/mol. The second kappa shape index (κ2) is 6.49. The summed E-state index contributed by atoms with van der Waals surface area (Å²) in [5, 5.41) is 14.0. The number of rotatable bonds is 5. The molecule has 0 fully saturated rings. The van der Waals surface area contributed by atoms with Gasteiger partial charge in [0.25, 0.3) is 0 Å². The van der Waals surface area contributed by atoms with E-state index in [1.54, 1.807) is 18.5 Å². The fourth-order valence-corrected chi connectivity index (χ4v) is 1.57. The number of hydrogen-bond acceptors (Lipinski definition) is 4. The minimum Gasteiger partial charge on any atom is -0.368 e. The van der Waals surface area contributed by atoms with Crippen molar-refractivity contribution in [3.8, 4) is 0 Å². The number of aromatic nitrogens is 2. The first-order valence-corrected chi connectivity index (χ1v) is 6.16. The van der Waals surface area contributed by atoms with Crippen LogP contribution in [-0.4, -0.2) is 28.9 Å². The number of anilines is 1. The second-order valence-corrected chi connectivity index (χ2v) is 4.17. The van der Waals surface area contributed by atoms with Gasteiger partial charge in [0.05, 0.1) is 0 Å². The van der Waals surface area contributed by atoms with Gasteiger partial charge in [-0.1, -0.05) is 29.8 Å². The molecule has 0 spiro atoms. The number of benzene rings is 1. The number of nitrogens with one attached hydrogen (secondary N) is 3. The SMILES string of the molecule is Cc1ccc(C(=N)NCCNc2ncccn2)cc1. The van der Waals surface area contributed by atoms with Crippen molar-refractivity contribution in [2.75, 3.05) is 18.4 Å². The van der Waals surface area contributed by atoms with Crippen LogP contribution in [0.3, 0.4) is 0 Å². The van der Waals surface area contributed by atoms with Crippen LogP contribution >= 0.6 is 0 Å². The number of hydrogen-bond donors (Lipinski definition) is 3. The Balaban J connectivity index is 1.74. The van der Waals surface area contributed by atoms with E-state index in [-0.39, 0.29) is 0 Å². The maximum Gasteiger partial charge on any atom is 0.222 e. The van der Waals surface area contributed by atoms with Gasteiger partial charge in [-0.25, -0.2) is 9.97 Å². The Labute approximate surface area is 112 Å². The zero-order valence-corrected chi connectivity index (χ0v) is 10.9. The van der Waals surface area contributed by atoms with E-state index in [2.05, 4.69) is 20.6 Å². The topological polar surface area (TPSA) is 73.7 Å². The molecule has 1 aromatic heterocycles. The molecule has 98 valence electrons. The van der Waals surface area contributed by atoms with Crippen LogP contribution in [0.1, 0.15) is 11.1 Å². The first-order valence-electron chi connectivity index (χ1n) is 6.16. The summed E-state index contributed by atoms with van der Waals surface area (Å²) in [7, 11) is 0. The van der Waals surface area contributed by atoms with Gasteiger partial charge in [0, 0.05) is 31.0 Å². The molecule has 0 unspecified atom stereocenters. The summed E-state index contributed by atoms with van der Waals surface area (Å²) in [6.07, 6.45) is 3.38. The predicted molar refractivity (Wildman–Crippen MR) is 76.5 cm³/mol.